The summed E-state index contributed by atoms with van der Waals surface area (Å²) in [4.78, 5) is 14.8. The average Bonchev–Trinajstić information content (AvgIpc) is 3.25. The molecule has 0 fully saturated rings. The molecule has 1 unspecified atom stereocenters. The van der Waals surface area contributed by atoms with E-state index >= 15 is 0 Å². The minimum atomic E-state index is -4.02. The number of amides is 1. The van der Waals surface area contributed by atoms with Gasteiger partial charge in [-0.25, -0.2) is 0 Å². The van der Waals surface area contributed by atoms with Gasteiger partial charge in [0.25, 0.3) is 16.0 Å². The van der Waals surface area contributed by atoms with E-state index in [2.05, 4.69) is 38.2 Å². The highest BCUT2D eigenvalue weighted by molar-refractivity contribution is 7.85. The van der Waals surface area contributed by atoms with Crippen molar-refractivity contribution in [2.45, 2.75) is 237 Å². The molecule has 0 aromatic heterocycles. The molecule has 0 radical (unpaired) electrons. The number of benzene rings is 2. The number of hydrogen-bond acceptors (Lipinski definition) is 4. The van der Waals surface area contributed by atoms with Crippen molar-refractivity contribution in [2.75, 3.05) is 46.2 Å². The fourth-order valence-electron chi connectivity index (χ4n) is 8.76. The van der Waals surface area contributed by atoms with Gasteiger partial charge in [0.1, 0.15) is 0 Å². The summed E-state index contributed by atoms with van der Waals surface area (Å²) in [6.07, 6.45) is 45.2. The molecule has 1 amide bonds. The smallest absolute Gasteiger partial charge is 0.294 e. The van der Waals surface area contributed by atoms with Crippen LogP contribution in [0.4, 0.5) is 5.69 Å². The Hall–Kier alpha value is -2.42. The standard InChI is InChI=1S/C48H91N3O.C7H8O3S/c1-7-9-11-13-15-17-19-21-23-25-27-29-31-33-35-38-47(37-34-32-30-28-26-24-22-20-18-16-14-12-10-8-2)51(5,6)44-36-43-49-48(52)45-39-41-46(42-40-45)50(3)4;1-6-2-4-7(5-3-6)11(8,9)10/h39-42,47H,7-38,43-44H2,1-6H3;2-5H,1H3,(H,8,9,10)/p+1. The summed E-state index contributed by atoms with van der Waals surface area (Å²) in [6.45, 7) is 8.33. The van der Waals surface area contributed by atoms with Gasteiger partial charge >= 0.3 is 0 Å². The van der Waals surface area contributed by atoms with Gasteiger partial charge in [-0.2, -0.15) is 8.42 Å². The number of rotatable bonds is 39. The lowest BCUT2D eigenvalue weighted by atomic mass is 9.97. The number of quaternary nitrogens is 1. The maximum Gasteiger partial charge on any atom is 0.294 e. The number of hydrogen-bond donors (Lipinski definition) is 2. The average molecular weight is 899 g/mol. The first kappa shape index (κ1) is 58.6. The Morgan fingerprint density at radius 3 is 1.24 bits per heavy atom. The Bertz CT molecular complexity index is 1460. The van der Waals surface area contributed by atoms with Gasteiger partial charge in [0, 0.05) is 38.3 Å². The van der Waals surface area contributed by atoms with Crippen molar-refractivity contribution in [2.24, 2.45) is 0 Å². The molecule has 0 aliphatic rings. The van der Waals surface area contributed by atoms with Crippen molar-refractivity contribution in [3.8, 4) is 0 Å². The highest BCUT2D eigenvalue weighted by Gasteiger charge is 2.27. The Morgan fingerprint density at radius 2 is 0.905 bits per heavy atom. The van der Waals surface area contributed by atoms with Crippen molar-refractivity contribution in [1.82, 2.24) is 5.32 Å². The zero-order chi connectivity index (χ0) is 46.4. The molecule has 0 spiro atoms. The SMILES string of the molecule is CCCCCCCCCCCCCCCCCC(CCCCCCCCCCCCCCCC)[N+](C)(C)CCCNC(=O)c1ccc(N(C)C)cc1.Cc1ccc(S(=O)(=O)O)cc1. The third-order valence-corrected chi connectivity index (χ3v) is 14.0. The number of nitrogens with one attached hydrogen (secondary N) is 1. The summed E-state index contributed by atoms with van der Waals surface area (Å²) in [6, 6.07) is 14.6. The number of anilines is 1. The molecule has 0 bridgehead atoms. The van der Waals surface area contributed by atoms with Crippen molar-refractivity contribution >= 4 is 21.7 Å². The first-order valence-corrected chi connectivity index (χ1v) is 27.7. The predicted molar refractivity (Wildman–Crippen MR) is 274 cm³/mol. The van der Waals surface area contributed by atoms with Gasteiger partial charge in [-0.3, -0.25) is 9.35 Å². The number of carbonyl (C=O) groups excluding carboxylic acids is 1. The van der Waals surface area contributed by atoms with Crippen LogP contribution in [0.3, 0.4) is 0 Å². The minimum Gasteiger partial charge on any atom is -0.378 e. The minimum absolute atomic E-state index is 0.0485. The van der Waals surface area contributed by atoms with Gasteiger partial charge in [0.15, 0.2) is 0 Å². The van der Waals surface area contributed by atoms with Crippen LogP contribution in [-0.4, -0.2) is 70.7 Å². The Labute approximate surface area is 390 Å². The summed E-state index contributed by atoms with van der Waals surface area (Å²) < 4.78 is 30.6. The maximum absolute atomic E-state index is 12.8. The number of carbonyl (C=O) groups is 1. The summed E-state index contributed by atoms with van der Waals surface area (Å²) in [5.74, 6) is 0.0485. The maximum atomic E-state index is 12.8. The third kappa shape index (κ3) is 32.0. The quantitative estimate of drug-likeness (QED) is 0.0397. The fraction of sp³-hybridized carbons (Fsp3) is 0.764. The molecular formula is C55H100N3O4S+. The van der Waals surface area contributed by atoms with Gasteiger partial charge in [-0.05, 0) is 69.0 Å². The lowest BCUT2D eigenvalue weighted by molar-refractivity contribution is -0.916. The second kappa shape index (κ2) is 37.8. The summed E-state index contributed by atoms with van der Waals surface area (Å²) >= 11 is 0. The molecule has 0 aliphatic carbocycles. The molecule has 364 valence electrons. The largest absolute Gasteiger partial charge is 0.378 e. The van der Waals surface area contributed by atoms with Crippen LogP contribution >= 0.6 is 0 Å². The van der Waals surface area contributed by atoms with E-state index in [4.69, 9.17) is 4.55 Å². The zero-order valence-electron chi connectivity index (χ0n) is 42.2. The molecular weight excluding hydrogens is 799 g/mol. The van der Waals surface area contributed by atoms with Crippen molar-refractivity contribution in [3.63, 3.8) is 0 Å². The van der Waals surface area contributed by atoms with Gasteiger partial charge in [-0.1, -0.05) is 205 Å². The lowest BCUT2D eigenvalue weighted by Crippen LogP contribution is -2.50. The van der Waals surface area contributed by atoms with Gasteiger partial charge in [-0.15, -0.1) is 0 Å². The van der Waals surface area contributed by atoms with Crippen LogP contribution in [0.15, 0.2) is 53.4 Å². The monoisotopic (exact) mass is 899 g/mol. The molecule has 8 heteroatoms. The molecule has 0 aliphatic heterocycles. The number of nitrogens with zero attached hydrogens (tertiary/aromatic N) is 2. The molecule has 2 N–H and O–H groups in total. The first-order valence-electron chi connectivity index (χ1n) is 26.2. The second-order valence-electron chi connectivity index (χ2n) is 19.6. The van der Waals surface area contributed by atoms with E-state index in [1.54, 1.807) is 12.1 Å². The second-order valence-corrected chi connectivity index (χ2v) is 21.0. The Morgan fingerprint density at radius 1 is 0.556 bits per heavy atom. The summed E-state index contributed by atoms with van der Waals surface area (Å²) in [5, 5.41) is 3.19. The van der Waals surface area contributed by atoms with Gasteiger partial charge < -0.3 is 14.7 Å². The van der Waals surface area contributed by atoms with Crippen LogP contribution in [0.1, 0.15) is 235 Å². The van der Waals surface area contributed by atoms with Crippen LogP contribution in [0.5, 0.6) is 0 Å². The van der Waals surface area contributed by atoms with Crippen LogP contribution in [0.2, 0.25) is 0 Å². The van der Waals surface area contributed by atoms with Crippen LogP contribution in [0, 0.1) is 6.92 Å². The molecule has 2 aromatic rings. The van der Waals surface area contributed by atoms with E-state index in [1.165, 1.54) is 211 Å². The molecule has 0 heterocycles. The highest BCUT2D eigenvalue weighted by Crippen LogP contribution is 2.23. The summed E-state index contributed by atoms with van der Waals surface area (Å²) in [7, 11) is 4.96. The van der Waals surface area contributed by atoms with Crippen molar-refractivity contribution < 1.29 is 22.2 Å². The van der Waals surface area contributed by atoms with Crippen molar-refractivity contribution in [3.05, 3.63) is 59.7 Å². The third-order valence-electron chi connectivity index (χ3n) is 13.2. The highest BCUT2D eigenvalue weighted by atomic mass is 32.2. The normalized spacial score (nSPS) is 12.2. The van der Waals surface area contributed by atoms with Crippen molar-refractivity contribution in [1.29, 1.82) is 0 Å². The molecule has 2 rings (SSSR count). The zero-order valence-corrected chi connectivity index (χ0v) is 43.0. The Balaban J connectivity index is 0.00000156. The van der Waals surface area contributed by atoms with Gasteiger partial charge in [0.2, 0.25) is 0 Å². The lowest BCUT2D eigenvalue weighted by Gasteiger charge is -2.39. The van der Waals surface area contributed by atoms with Crippen LogP contribution in [0.25, 0.3) is 0 Å². The molecule has 0 saturated heterocycles. The van der Waals surface area contributed by atoms with E-state index in [0.717, 1.165) is 46.8 Å². The number of unbranched alkanes of at least 4 members (excludes halogenated alkanes) is 27. The van der Waals surface area contributed by atoms with E-state index in [0.29, 0.717) is 0 Å². The van der Waals surface area contributed by atoms with E-state index < -0.39 is 10.1 Å². The number of aryl methyl sites for hydroxylation is 1. The predicted octanol–water partition coefficient (Wildman–Crippen LogP) is 15.7. The van der Waals surface area contributed by atoms with Gasteiger partial charge in [0.05, 0.1) is 31.6 Å². The molecule has 63 heavy (non-hydrogen) atoms. The van der Waals surface area contributed by atoms with Crippen LogP contribution < -0.4 is 10.2 Å². The van der Waals surface area contributed by atoms with E-state index in [-0.39, 0.29) is 10.8 Å². The summed E-state index contributed by atoms with van der Waals surface area (Å²) in [5.41, 5.74) is 2.83. The Kier molecular flexibility index (Phi) is 35.1. The van der Waals surface area contributed by atoms with Crippen LogP contribution in [-0.2, 0) is 10.1 Å². The molecule has 7 nitrogen and oxygen atoms in total. The van der Waals surface area contributed by atoms with E-state index in [9.17, 15) is 13.2 Å². The first-order chi connectivity index (χ1) is 30.3. The van der Waals surface area contributed by atoms with E-state index in [1.807, 2.05) is 45.3 Å². The fourth-order valence-corrected chi connectivity index (χ4v) is 9.24. The molecule has 0 saturated carbocycles. The topological polar surface area (TPSA) is 86.7 Å². The molecule has 2 aromatic carbocycles. The molecule has 1 atom stereocenters.